The van der Waals surface area contributed by atoms with Gasteiger partial charge in [0.15, 0.2) is 0 Å². The molecule has 3 aromatic rings. The highest BCUT2D eigenvalue weighted by molar-refractivity contribution is 5.96. The highest BCUT2D eigenvalue weighted by Crippen LogP contribution is 2.22. The molecule has 0 radical (unpaired) electrons. The summed E-state index contributed by atoms with van der Waals surface area (Å²) in [7, 11) is 1.84. The lowest BCUT2D eigenvalue weighted by atomic mass is 10.0. The molecule has 3 heterocycles. The van der Waals surface area contributed by atoms with E-state index in [2.05, 4.69) is 15.0 Å². The van der Waals surface area contributed by atoms with E-state index in [1.54, 1.807) is 24.5 Å². The fraction of sp³-hybridized carbons (Fsp3) is 0.458. The van der Waals surface area contributed by atoms with E-state index in [1.807, 2.05) is 21.4 Å². The van der Waals surface area contributed by atoms with Crippen molar-refractivity contribution in [2.75, 3.05) is 25.0 Å². The molecule has 1 aliphatic heterocycles. The molecule has 4 rings (SSSR count). The summed E-state index contributed by atoms with van der Waals surface area (Å²) < 4.78 is 27.4. The van der Waals surface area contributed by atoms with Crippen LogP contribution in [-0.4, -0.2) is 62.4 Å². The molecule has 2 amide bonds. The van der Waals surface area contributed by atoms with Crippen molar-refractivity contribution in [2.45, 2.75) is 51.1 Å². The van der Waals surface area contributed by atoms with Crippen molar-refractivity contribution in [3.8, 4) is 0 Å². The van der Waals surface area contributed by atoms with E-state index in [1.165, 1.54) is 0 Å². The Balaban J connectivity index is 1.22. The van der Waals surface area contributed by atoms with Gasteiger partial charge in [0.25, 0.3) is 6.43 Å². The van der Waals surface area contributed by atoms with Crippen LogP contribution in [0.5, 0.6) is 0 Å². The molecule has 1 saturated heterocycles. The van der Waals surface area contributed by atoms with Gasteiger partial charge in [0, 0.05) is 57.1 Å². The highest BCUT2D eigenvalue weighted by atomic mass is 19.3. The lowest BCUT2D eigenvalue weighted by molar-refractivity contribution is -0.132. The van der Waals surface area contributed by atoms with Gasteiger partial charge in [0.05, 0.1) is 22.9 Å². The summed E-state index contributed by atoms with van der Waals surface area (Å²) in [6.07, 6.45) is 5.02. The van der Waals surface area contributed by atoms with Crippen molar-refractivity contribution in [3.05, 3.63) is 48.0 Å². The monoisotopic (exact) mass is 485 g/mol. The number of alkyl halides is 2. The maximum atomic E-state index is 12.7. The molecule has 1 aromatic carbocycles. The van der Waals surface area contributed by atoms with Gasteiger partial charge in [0.2, 0.25) is 17.8 Å². The quantitative estimate of drug-likeness (QED) is 0.466. The number of halogens is 2. The minimum Gasteiger partial charge on any atom is -0.366 e. The summed E-state index contributed by atoms with van der Waals surface area (Å²) in [6, 6.07) is 5.31. The van der Waals surface area contributed by atoms with Gasteiger partial charge < -0.3 is 20.1 Å². The summed E-state index contributed by atoms with van der Waals surface area (Å²) in [5, 5.41) is 0. The standard InChI is InChI=1S/C24H29F2N7O2/c1-31(18-7-10-32(11-8-18)24-28-13-17(14-29-24)22(25)26)21(34)4-2-3-9-33-15-30-19-6-5-16(23(27)35)12-20(19)33/h5-6,12-15,18,22H,2-4,7-11H2,1H3,(H2,27,35). The van der Waals surface area contributed by atoms with E-state index in [-0.39, 0.29) is 17.5 Å². The first-order valence-electron chi connectivity index (χ1n) is 11.7. The van der Waals surface area contributed by atoms with E-state index in [0.29, 0.717) is 37.6 Å². The maximum absolute atomic E-state index is 12.7. The molecule has 0 unspecified atom stereocenters. The predicted octanol–water partition coefficient (Wildman–Crippen LogP) is 3.16. The van der Waals surface area contributed by atoms with Crippen molar-refractivity contribution in [3.63, 3.8) is 0 Å². The number of aryl methyl sites for hydroxylation is 1. The number of rotatable bonds is 9. The van der Waals surface area contributed by atoms with Gasteiger partial charge >= 0.3 is 0 Å². The molecule has 1 fully saturated rings. The van der Waals surface area contributed by atoms with Crippen LogP contribution in [0.15, 0.2) is 36.9 Å². The van der Waals surface area contributed by atoms with Crippen LogP contribution >= 0.6 is 0 Å². The van der Waals surface area contributed by atoms with Gasteiger partial charge in [-0.2, -0.15) is 0 Å². The summed E-state index contributed by atoms with van der Waals surface area (Å²) >= 11 is 0. The van der Waals surface area contributed by atoms with Crippen LogP contribution in [-0.2, 0) is 11.3 Å². The molecule has 9 nitrogen and oxygen atoms in total. The number of hydrogen-bond donors (Lipinski definition) is 1. The van der Waals surface area contributed by atoms with Gasteiger partial charge in [-0.1, -0.05) is 0 Å². The number of aromatic nitrogens is 4. The number of anilines is 1. The number of carbonyl (C=O) groups is 2. The van der Waals surface area contributed by atoms with Crippen LogP contribution in [0, 0.1) is 0 Å². The normalized spacial score (nSPS) is 14.6. The Hall–Kier alpha value is -3.63. The molecule has 35 heavy (non-hydrogen) atoms. The molecule has 0 aliphatic carbocycles. The molecular weight excluding hydrogens is 456 g/mol. The number of hydrogen-bond acceptors (Lipinski definition) is 6. The fourth-order valence-electron chi connectivity index (χ4n) is 4.39. The molecule has 0 spiro atoms. The molecule has 2 aromatic heterocycles. The Kier molecular flexibility index (Phi) is 7.52. The van der Waals surface area contributed by atoms with Gasteiger partial charge in [-0.25, -0.2) is 23.7 Å². The second kappa shape index (κ2) is 10.7. The number of unbranched alkanes of at least 4 members (excludes halogenated alkanes) is 1. The highest BCUT2D eigenvalue weighted by Gasteiger charge is 2.26. The fourth-order valence-corrected chi connectivity index (χ4v) is 4.39. The number of nitrogens with two attached hydrogens (primary N) is 1. The number of piperidine rings is 1. The van der Waals surface area contributed by atoms with Crippen LogP contribution < -0.4 is 10.6 Å². The van der Waals surface area contributed by atoms with Crippen LogP contribution in [0.3, 0.4) is 0 Å². The number of imidazole rings is 1. The average Bonchev–Trinajstić information content (AvgIpc) is 3.28. The van der Waals surface area contributed by atoms with E-state index >= 15 is 0 Å². The maximum Gasteiger partial charge on any atom is 0.266 e. The second-order valence-corrected chi connectivity index (χ2v) is 8.80. The molecule has 186 valence electrons. The minimum atomic E-state index is -2.58. The van der Waals surface area contributed by atoms with Gasteiger partial charge in [-0.05, 0) is 43.9 Å². The van der Waals surface area contributed by atoms with Crippen molar-refractivity contribution in [1.82, 2.24) is 24.4 Å². The SMILES string of the molecule is CN(C(=O)CCCCn1cnc2ccc(C(N)=O)cc21)C1CCN(c2ncc(C(F)F)cn2)CC1. The Bertz CT molecular complexity index is 1170. The predicted molar refractivity (Wildman–Crippen MR) is 127 cm³/mol. The van der Waals surface area contributed by atoms with Crippen LogP contribution in [0.1, 0.15) is 54.5 Å². The number of fused-ring (bicyclic) bond motifs is 1. The third-order valence-corrected chi connectivity index (χ3v) is 6.54. The second-order valence-electron chi connectivity index (χ2n) is 8.80. The van der Waals surface area contributed by atoms with Crippen LogP contribution in [0.2, 0.25) is 0 Å². The average molecular weight is 486 g/mol. The number of amides is 2. The zero-order chi connectivity index (χ0) is 24.9. The first-order chi connectivity index (χ1) is 16.8. The Morgan fingerprint density at radius 2 is 1.86 bits per heavy atom. The van der Waals surface area contributed by atoms with E-state index in [4.69, 9.17) is 5.73 Å². The molecule has 0 bridgehead atoms. The molecular formula is C24H29F2N7O2. The molecule has 1 aliphatic rings. The zero-order valence-corrected chi connectivity index (χ0v) is 19.6. The summed E-state index contributed by atoms with van der Waals surface area (Å²) in [4.78, 5) is 40.4. The van der Waals surface area contributed by atoms with E-state index < -0.39 is 12.3 Å². The Labute approximate surface area is 202 Å². The zero-order valence-electron chi connectivity index (χ0n) is 19.6. The Morgan fingerprint density at radius 1 is 1.14 bits per heavy atom. The van der Waals surface area contributed by atoms with Crippen molar-refractivity contribution in [1.29, 1.82) is 0 Å². The van der Waals surface area contributed by atoms with Gasteiger partial charge in [-0.15, -0.1) is 0 Å². The lowest BCUT2D eigenvalue weighted by Crippen LogP contribution is -2.46. The lowest BCUT2D eigenvalue weighted by Gasteiger charge is -2.36. The van der Waals surface area contributed by atoms with Crippen LogP contribution in [0.25, 0.3) is 11.0 Å². The summed E-state index contributed by atoms with van der Waals surface area (Å²) in [6.45, 7) is 2.02. The Morgan fingerprint density at radius 3 is 2.51 bits per heavy atom. The van der Waals surface area contributed by atoms with E-state index in [0.717, 1.165) is 49.1 Å². The largest absolute Gasteiger partial charge is 0.366 e. The van der Waals surface area contributed by atoms with Crippen molar-refractivity contribution in [2.24, 2.45) is 5.73 Å². The van der Waals surface area contributed by atoms with Crippen molar-refractivity contribution < 1.29 is 18.4 Å². The molecule has 2 N–H and O–H groups in total. The first kappa shape index (κ1) is 24.5. The van der Waals surface area contributed by atoms with E-state index in [9.17, 15) is 18.4 Å². The van der Waals surface area contributed by atoms with Gasteiger partial charge in [-0.3, -0.25) is 9.59 Å². The number of carbonyl (C=O) groups excluding carboxylic acids is 2. The topological polar surface area (TPSA) is 110 Å². The number of primary amides is 1. The molecule has 11 heteroatoms. The van der Waals surface area contributed by atoms with Gasteiger partial charge in [0.1, 0.15) is 0 Å². The first-order valence-corrected chi connectivity index (χ1v) is 11.7. The summed E-state index contributed by atoms with van der Waals surface area (Å²) in [5.74, 6) is 0.0700. The smallest absolute Gasteiger partial charge is 0.266 e. The third-order valence-electron chi connectivity index (χ3n) is 6.54. The van der Waals surface area contributed by atoms with Crippen LogP contribution in [0.4, 0.5) is 14.7 Å². The molecule has 0 saturated carbocycles. The molecule has 0 atom stereocenters. The number of nitrogens with zero attached hydrogens (tertiary/aromatic N) is 6. The summed E-state index contributed by atoms with van der Waals surface area (Å²) in [5.41, 5.74) is 7.28. The van der Waals surface area contributed by atoms with Crippen molar-refractivity contribution >= 4 is 28.8 Å². The minimum absolute atomic E-state index is 0.104. The number of benzene rings is 1. The third kappa shape index (κ3) is 5.72.